The van der Waals surface area contributed by atoms with Crippen LogP contribution >= 0.6 is 34.3 Å². The van der Waals surface area contributed by atoms with Crippen molar-refractivity contribution in [1.82, 2.24) is 9.55 Å². The Kier molecular flexibility index (Phi) is 2.71. The van der Waals surface area contributed by atoms with Gasteiger partial charge in [-0.2, -0.15) is 0 Å². The molecule has 0 unspecified atom stereocenters. The van der Waals surface area contributed by atoms with E-state index >= 15 is 0 Å². The monoisotopic (exact) mass is 246 g/mol. The Morgan fingerprint density at radius 3 is 2.93 bits per heavy atom. The number of nitrogens with zero attached hydrogens (tertiary/aromatic N) is 2. The fourth-order valence-electron chi connectivity index (χ4n) is 1.11. The summed E-state index contributed by atoms with van der Waals surface area (Å²) < 4.78 is 2.23. The molecule has 2 aromatic rings. The maximum Gasteiger partial charge on any atom is 0.307 e. The van der Waals surface area contributed by atoms with Crippen molar-refractivity contribution in [3.05, 3.63) is 36.3 Å². The minimum absolute atomic E-state index is 0.0621. The molecule has 0 N–H and O–H groups in total. The molecule has 0 saturated carbocycles. The van der Waals surface area contributed by atoms with Crippen LogP contribution in [0.15, 0.2) is 16.4 Å². The van der Waals surface area contributed by atoms with Crippen molar-refractivity contribution >= 4 is 34.3 Å². The van der Waals surface area contributed by atoms with Gasteiger partial charge in [-0.25, -0.2) is 4.98 Å². The van der Waals surface area contributed by atoms with E-state index in [4.69, 9.17) is 11.6 Å². The van der Waals surface area contributed by atoms with Crippen molar-refractivity contribution in [1.29, 1.82) is 0 Å². The number of rotatable bonds is 2. The maximum atomic E-state index is 11.4. The minimum Gasteiger partial charge on any atom is -0.298 e. The largest absolute Gasteiger partial charge is 0.307 e. The molecule has 0 radical (unpaired) electrons. The molecule has 0 spiro atoms. The second kappa shape index (κ2) is 3.84. The average Bonchev–Trinajstić information content (AvgIpc) is 2.67. The van der Waals surface area contributed by atoms with Gasteiger partial charge >= 0.3 is 4.87 Å². The van der Waals surface area contributed by atoms with Crippen LogP contribution < -0.4 is 4.87 Å². The zero-order chi connectivity index (χ0) is 10.1. The van der Waals surface area contributed by atoms with Crippen molar-refractivity contribution in [3.63, 3.8) is 0 Å². The smallest absolute Gasteiger partial charge is 0.298 e. The maximum absolute atomic E-state index is 11.4. The molecule has 74 valence electrons. The third kappa shape index (κ3) is 1.89. The number of hydrogen-bond acceptors (Lipinski definition) is 4. The van der Waals surface area contributed by atoms with E-state index in [1.807, 2.05) is 12.3 Å². The molecule has 2 heterocycles. The van der Waals surface area contributed by atoms with Gasteiger partial charge in [0.1, 0.15) is 0 Å². The summed E-state index contributed by atoms with van der Waals surface area (Å²) in [6.07, 6.45) is 1.70. The van der Waals surface area contributed by atoms with E-state index in [1.165, 1.54) is 22.7 Å². The molecule has 0 aliphatic rings. The first-order valence-corrected chi connectivity index (χ1v) is 5.99. The summed E-state index contributed by atoms with van der Waals surface area (Å²) in [7, 11) is 0. The summed E-state index contributed by atoms with van der Waals surface area (Å²) in [5, 5.41) is 1.85. The van der Waals surface area contributed by atoms with Crippen molar-refractivity contribution in [2.75, 3.05) is 0 Å². The van der Waals surface area contributed by atoms with Crippen LogP contribution in [0.2, 0.25) is 4.47 Å². The van der Waals surface area contributed by atoms with E-state index in [0.29, 0.717) is 11.0 Å². The van der Waals surface area contributed by atoms with E-state index in [2.05, 4.69) is 4.98 Å². The Morgan fingerprint density at radius 1 is 1.64 bits per heavy atom. The number of thiazole rings is 2. The molecule has 2 rings (SSSR count). The summed E-state index contributed by atoms with van der Waals surface area (Å²) in [5.74, 6) is 0. The summed E-state index contributed by atoms with van der Waals surface area (Å²) >= 11 is 8.32. The predicted octanol–water partition coefficient (Wildman–Crippen LogP) is 2.38. The highest BCUT2D eigenvalue weighted by atomic mass is 35.5. The molecule has 0 aliphatic carbocycles. The molecule has 0 atom stereocenters. The standard InChI is InChI=1S/C8H7ClN2OS2/c1-5-4-13-8(12)11(5)3-6-2-10-7(9)14-6/h2,4H,3H2,1H3. The van der Waals surface area contributed by atoms with Crippen molar-refractivity contribution < 1.29 is 0 Å². The average molecular weight is 247 g/mol. The molecule has 2 aromatic heterocycles. The third-order valence-corrected chi connectivity index (χ3v) is 3.80. The second-order valence-electron chi connectivity index (χ2n) is 2.81. The highest BCUT2D eigenvalue weighted by Crippen LogP contribution is 2.18. The van der Waals surface area contributed by atoms with E-state index in [-0.39, 0.29) is 4.87 Å². The van der Waals surface area contributed by atoms with Gasteiger partial charge in [0.25, 0.3) is 0 Å². The number of aryl methyl sites for hydroxylation is 1. The van der Waals surface area contributed by atoms with Crippen molar-refractivity contribution in [2.45, 2.75) is 13.5 Å². The molecule has 0 bridgehead atoms. The van der Waals surface area contributed by atoms with Gasteiger partial charge < -0.3 is 0 Å². The van der Waals surface area contributed by atoms with E-state index < -0.39 is 0 Å². The van der Waals surface area contributed by atoms with E-state index in [0.717, 1.165) is 10.6 Å². The third-order valence-electron chi connectivity index (χ3n) is 1.82. The van der Waals surface area contributed by atoms with Gasteiger partial charge in [0.05, 0.1) is 6.54 Å². The second-order valence-corrected chi connectivity index (χ2v) is 5.33. The zero-order valence-electron chi connectivity index (χ0n) is 7.36. The first-order valence-electron chi connectivity index (χ1n) is 3.92. The minimum atomic E-state index is 0.0621. The van der Waals surface area contributed by atoms with Crippen LogP contribution in [0.1, 0.15) is 10.6 Å². The summed E-state index contributed by atoms with van der Waals surface area (Å²) in [4.78, 5) is 16.4. The van der Waals surface area contributed by atoms with Gasteiger partial charge in [0.2, 0.25) is 0 Å². The summed E-state index contributed by atoms with van der Waals surface area (Å²) in [6, 6.07) is 0. The molecule has 0 aromatic carbocycles. The van der Waals surface area contributed by atoms with E-state index in [1.54, 1.807) is 10.8 Å². The lowest BCUT2D eigenvalue weighted by Crippen LogP contribution is -2.14. The number of halogens is 1. The van der Waals surface area contributed by atoms with Crippen LogP contribution in [0.25, 0.3) is 0 Å². The fourth-order valence-corrected chi connectivity index (χ4v) is 2.81. The van der Waals surface area contributed by atoms with Crippen LogP contribution in [-0.2, 0) is 6.54 Å². The first kappa shape index (κ1) is 9.89. The Bertz CT molecular complexity index is 499. The van der Waals surface area contributed by atoms with Gasteiger partial charge in [-0.15, -0.1) is 11.3 Å². The Labute approximate surface area is 93.6 Å². The Hall–Kier alpha value is -0.650. The van der Waals surface area contributed by atoms with E-state index in [9.17, 15) is 4.79 Å². The number of hydrogen-bond donors (Lipinski definition) is 0. The topological polar surface area (TPSA) is 34.9 Å². The van der Waals surface area contributed by atoms with Gasteiger partial charge in [0.15, 0.2) is 4.47 Å². The first-order chi connectivity index (χ1) is 6.66. The Morgan fingerprint density at radius 2 is 2.43 bits per heavy atom. The molecule has 6 heteroatoms. The highest BCUT2D eigenvalue weighted by Gasteiger charge is 2.05. The van der Waals surface area contributed by atoms with Crippen LogP contribution in [0.4, 0.5) is 0 Å². The van der Waals surface area contributed by atoms with Crippen LogP contribution in [0, 0.1) is 6.92 Å². The van der Waals surface area contributed by atoms with Gasteiger partial charge in [-0.3, -0.25) is 9.36 Å². The fraction of sp³-hybridized carbons (Fsp3) is 0.250. The van der Waals surface area contributed by atoms with Crippen LogP contribution in [0.5, 0.6) is 0 Å². The molecule has 0 saturated heterocycles. The molecule has 14 heavy (non-hydrogen) atoms. The lowest BCUT2D eigenvalue weighted by atomic mass is 10.5. The summed E-state index contributed by atoms with van der Waals surface area (Å²) in [5.41, 5.74) is 0.976. The number of aromatic nitrogens is 2. The van der Waals surface area contributed by atoms with Gasteiger partial charge in [0, 0.05) is 22.1 Å². The lowest BCUT2D eigenvalue weighted by molar-refractivity contribution is 0.764. The van der Waals surface area contributed by atoms with Gasteiger partial charge in [-0.1, -0.05) is 22.9 Å². The van der Waals surface area contributed by atoms with Crippen LogP contribution in [0.3, 0.4) is 0 Å². The molecule has 0 aliphatic heterocycles. The molecule has 0 amide bonds. The molecule has 3 nitrogen and oxygen atoms in total. The van der Waals surface area contributed by atoms with Gasteiger partial charge in [-0.05, 0) is 6.92 Å². The highest BCUT2D eigenvalue weighted by molar-refractivity contribution is 7.15. The lowest BCUT2D eigenvalue weighted by Gasteiger charge is -1.99. The van der Waals surface area contributed by atoms with Crippen molar-refractivity contribution in [3.8, 4) is 0 Å². The SMILES string of the molecule is Cc1csc(=O)n1Cc1cnc(Cl)s1. The van der Waals surface area contributed by atoms with Crippen LogP contribution in [-0.4, -0.2) is 9.55 Å². The molecular weight excluding hydrogens is 240 g/mol. The quantitative estimate of drug-likeness (QED) is 0.816. The summed E-state index contributed by atoms with van der Waals surface area (Å²) in [6.45, 7) is 2.49. The zero-order valence-corrected chi connectivity index (χ0v) is 9.75. The Balaban J connectivity index is 2.31. The van der Waals surface area contributed by atoms with Crippen molar-refractivity contribution in [2.24, 2.45) is 0 Å². The predicted molar refractivity (Wildman–Crippen MR) is 59.5 cm³/mol. The molecular formula is C8H7ClN2OS2. The molecule has 0 fully saturated rings. The normalized spacial score (nSPS) is 10.7.